The molecule has 0 amide bonds. The molecule has 1 saturated heterocycles. The second kappa shape index (κ2) is 10.9. The van der Waals surface area contributed by atoms with Crippen molar-refractivity contribution < 1.29 is 4.42 Å². The summed E-state index contributed by atoms with van der Waals surface area (Å²) in [7, 11) is 0. The zero-order valence-electron chi connectivity index (χ0n) is 26.3. The van der Waals surface area contributed by atoms with Crippen LogP contribution in [0.15, 0.2) is 168 Å². The molecule has 0 bridgehead atoms. The summed E-state index contributed by atoms with van der Waals surface area (Å²) in [4.78, 5) is 2.50. The highest BCUT2D eigenvalue weighted by Crippen LogP contribution is 2.44. The molecule has 1 aliphatic heterocycles. The summed E-state index contributed by atoms with van der Waals surface area (Å²) in [5.74, 6) is 0.447. The van der Waals surface area contributed by atoms with E-state index in [0.717, 1.165) is 39.6 Å². The maximum absolute atomic E-state index is 6.34. The number of benzene rings is 6. The highest BCUT2D eigenvalue weighted by molar-refractivity contribution is 6.17. The van der Waals surface area contributed by atoms with Crippen molar-refractivity contribution in [3.8, 4) is 5.69 Å². The van der Waals surface area contributed by atoms with Gasteiger partial charge >= 0.3 is 0 Å². The third-order valence-electron chi connectivity index (χ3n) is 10.2. The van der Waals surface area contributed by atoms with Crippen LogP contribution in [-0.2, 0) is 0 Å². The van der Waals surface area contributed by atoms with Crippen LogP contribution in [0.4, 0.5) is 5.69 Å². The van der Waals surface area contributed by atoms with E-state index in [2.05, 4.69) is 166 Å². The Morgan fingerprint density at radius 1 is 0.521 bits per heavy atom. The van der Waals surface area contributed by atoms with Crippen molar-refractivity contribution in [2.75, 3.05) is 4.90 Å². The Bertz CT molecular complexity index is 2520. The fourth-order valence-electron chi connectivity index (χ4n) is 7.82. The molecule has 2 aliphatic rings. The van der Waals surface area contributed by atoms with Gasteiger partial charge in [0.15, 0.2) is 0 Å². The molecule has 6 aromatic carbocycles. The van der Waals surface area contributed by atoms with Gasteiger partial charge < -0.3 is 13.9 Å². The van der Waals surface area contributed by atoms with Crippen LogP contribution in [0, 0.1) is 0 Å². The highest BCUT2D eigenvalue weighted by Gasteiger charge is 2.39. The average molecular weight is 620 g/mol. The van der Waals surface area contributed by atoms with E-state index in [0.29, 0.717) is 5.92 Å². The largest absolute Gasteiger partial charge is 0.456 e. The van der Waals surface area contributed by atoms with Gasteiger partial charge in [0.05, 0.1) is 11.0 Å². The van der Waals surface area contributed by atoms with Crippen LogP contribution < -0.4 is 10.2 Å². The smallest absolute Gasteiger partial charge is 0.137 e. The second-order valence-electron chi connectivity index (χ2n) is 12.9. The van der Waals surface area contributed by atoms with E-state index in [-0.39, 0.29) is 12.3 Å². The lowest BCUT2D eigenvalue weighted by molar-refractivity contribution is 0.276. The molecule has 3 heterocycles. The summed E-state index contributed by atoms with van der Waals surface area (Å²) in [6, 6.07) is 50.5. The van der Waals surface area contributed by atoms with Gasteiger partial charge in [-0.1, -0.05) is 115 Å². The molecule has 0 saturated carbocycles. The van der Waals surface area contributed by atoms with Crippen molar-refractivity contribution in [1.29, 1.82) is 0 Å². The predicted molar refractivity (Wildman–Crippen MR) is 198 cm³/mol. The number of nitrogens with zero attached hydrogens (tertiary/aromatic N) is 2. The molecule has 1 N–H and O–H groups in total. The lowest BCUT2D eigenvalue weighted by Gasteiger charge is -2.52. The summed E-state index contributed by atoms with van der Waals surface area (Å²) in [6.07, 6.45) is 10.1. The molecule has 10 rings (SSSR count). The molecule has 4 nitrogen and oxygen atoms in total. The summed E-state index contributed by atoms with van der Waals surface area (Å²) >= 11 is 0. The van der Waals surface area contributed by atoms with E-state index in [1.165, 1.54) is 38.7 Å². The normalized spacial score (nSPS) is 19.1. The van der Waals surface area contributed by atoms with E-state index in [1.54, 1.807) is 0 Å². The van der Waals surface area contributed by atoms with Gasteiger partial charge in [0, 0.05) is 44.9 Å². The van der Waals surface area contributed by atoms with Crippen molar-refractivity contribution in [3.63, 3.8) is 0 Å². The first-order chi connectivity index (χ1) is 23.8. The van der Waals surface area contributed by atoms with Gasteiger partial charge in [0.2, 0.25) is 0 Å². The first kappa shape index (κ1) is 27.3. The number of rotatable bonds is 5. The number of nitrogens with one attached hydrogen (secondary N) is 1. The van der Waals surface area contributed by atoms with Gasteiger partial charge in [-0.3, -0.25) is 5.32 Å². The monoisotopic (exact) mass is 619 g/mol. The van der Waals surface area contributed by atoms with Crippen LogP contribution in [-0.4, -0.2) is 4.57 Å². The molecule has 0 spiro atoms. The van der Waals surface area contributed by atoms with Crippen LogP contribution in [0.25, 0.3) is 49.4 Å². The number of furan rings is 1. The quantitative estimate of drug-likeness (QED) is 0.208. The standard InChI is InChI=1S/C44H33N3O/c1-3-11-29(12-4-1)30-19-21-32(22-20-30)44-45-43(31-13-5-2-6-14-31)47(44)34-25-23-33(24-26-34)46-39-17-9-7-15-35(39)37-27-38-36-16-8-10-18-41(36)48-42(38)28-40(37)46/h1-11,13-29,43-45H,12H2. The zero-order chi connectivity index (χ0) is 31.6. The number of hydrogen-bond donors (Lipinski definition) is 1. The first-order valence-electron chi connectivity index (χ1n) is 16.8. The van der Waals surface area contributed by atoms with Crippen molar-refractivity contribution in [3.05, 3.63) is 181 Å². The molecule has 1 fully saturated rings. The van der Waals surface area contributed by atoms with Gasteiger partial charge in [-0.05, 0) is 65.6 Å². The van der Waals surface area contributed by atoms with Gasteiger partial charge in [0.1, 0.15) is 23.5 Å². The van der Waals surface area contributed by atoms with Crippen LogP contribution in [0.3, 0.4) is 0 Å². The molecular formula is C44H33N3O. The number of anilines is 1. The number of aromatic nitrogens is 1. The van der Waals surface area contributed by atoms with Crippen LogP contribution >= 0.6 is 0 Å². The third kappa shape index (κ3) is 4.27. The maximum Gasteiger partial charge on any atom is 0.137 e. The van der Waals surface area contributed by atoms with Crippen LogP contribution in [0.1, 0.15) is 41.4 Å². The molecule has 3 atom stereocenters. The Balaban J connectivity index is 1.05. The molecule has 4 heteroatoms. The lowest BCUT2D eigenvalue weighted by atomic mass is 9.91. The number of allylic oxidation sites excluding steroid dienone is 4. The lowest BCUT2D eigenvalue weighted by Crippen LogP contribution is -2.57. The van der Waals surface area contributed by atoms with Crippen molar-refractivity contribution >= 4 is 49.4 Å². The Morgan fingerprint density at radius 3 is 2.00 bits per heavy atom. The SMILES string of the molecule is C1=CCC(c2ccc(C3NC(c4ccccc4)N3c3ccc(-n4c5ccccc5c5cc6c(cc54)oc4ccccc46)cc3)cc2)C=C1. The summed E-state index contributed by atoms with van der Waals surface area (Å²) in [6.45, 7) is 0. The van der Waals surface area contributed by atoms with Crippen LogP contribution in [0.2, 0.25) is 0 Å². The summed E-state index contributed by atoms with van der Waals surface area (Å²) in [5, 5.41) is 8.64. The Morgan fingerprint density at radius 2 is 1.21 bits per heavy atom. The van der Waals surface area contributed by atoms with Crippen molar-refractivity contribution in [1.82, 2.24) is 9.88 Å². The number of hydrogen-bond acceptors (Lipinski definition) is 3. The maximum atomic E-state index is 6.34. The summed E-state index contributed by atoms with van der Waals surface area (Å²) in [5.41, 5.74) is 10.3. The van der Waals surface area contributed by atoms with E-state index in [1.807, 2.05) is 12.1 Å². The molecular weight excluding hydrogens is 587 g/mol. The molecule has 230 valence electrons. The molecule has 48 heavy (non-hydrogen) atoms. The van der Waals surface area contributed by atoms with Gasteiger partial charge in [0.25, 0.3) is 0 Å². The van der Waals surface area contributed by atoms with Gasteiger partial charge in [-0.2, -0.15) is 0 Å². The molecule has 8 aromatic rings. The van der Waals surface area contributed by atoms with E-state index >= 15 is 0 Å². The third-order valence-corrected chi connectivity index (χ3v) is 10.2. The highest BCUT2D eigenvalue weighted by atomic mass is 16.3. The Hall–Kier alpha value is -5.84. The summed E-state index contributed by atoms with van der Waals surface area (Å²) < 4.78 is 8.71. The zero-order valence-corrected chi connectivity index (χ0v) is 26.3. The molecule has 1 aliphatic carbocycles. The number of para-hydroxylation sites is 2. The van der Waals surface area contributed by atoms with E-state index < -0.39 is 0 Å². The molecule has 2 aromatic heterocycles. The van der Waals surface area contributed by atoms with Crippen molar-refractivity contribution in [2.45, 2.75) is 24.7 Å². The minimum atomic E-state index is 0.0755. The van der Waals surface area contributed by atoms with Crippen molar-refractivity contribution in [2.24, 2.45) is 0 Å². The Labute approximate surface area is 278 Å². The van der Waals surface area contributed by atoms with Gasteiger partial charge in [-0.25, -0.2) is 0 Å². The minimum absolute atomic E-state index is 0.0755. The minimum Gasteiger partial charge on any atom is -0.456 e. The average Bonchev–Trinajstić information content (AvgIpc) is 3.66. The molecule has 3 unspecified atom stereocenters. The Kier molecular flexibility index (Phi) is 6.18. The van der Waals surface area contributed by atoms with E-state index in [4.69, 9.17) is 4.42 Å². The van der Waals surface area contributed by atoms with Crippen LogP contribution in [0.5, 0.6) is 0 Å². The second-order valence-corrected chi connectivity index (χ2v) is 12.9. The number of fused-ring (bicyclic) bond motifs is 6. The topological polar surface area (TPSA) is 33.3 Å². The fraction of sp³-hybridized carbons (Fsp3) is 0.0909. The first-order valence-corrected chi connectivity index (χ1v) is 16.8. The fourth-order valence-corrected chi connectivity index (χ4v) is 7.82. The molecule has 0 radical (unpaired) electrons. The van der Waals surface area contributed by atoms with E-state index in [9.17, 15) is 0 Å². The predicted octanol–water partition coefficient (Wildman–Crippen LogP) is 11.1. The van der Waals surface area contributed by atoms with Gasteiger partial charge in [-0.15, -0.1) is 0 Å².